The lowest BCUT2D eigenvalue weighted by molar-refractivity contribution is 0.394. The third-order valence-corrected chi connectivity index (χ3v) is 3.89. The molecule has 0 aliphatic heterocycles. The van der Waals surface area contributed by atoms with Crippen molar-refractivity contribution in [3.05, 3.63) is 53.9 Å². The predicted octanol–water partition coefficient (Wildman–Crippen LogP) is 3.65. The molecule has 0 saturated carbocycles. The van der Waals surface area contributed by atoms with E-state index >= 15 is 0 Å². The van der Waals surface area contributed by atoms with Gasteiger partial charge in [-0.15, -0.1) is 0 Å². The molecule has 0 saturated heterocycles. The maximum Gasteiger partial charge on any atom is 0.151 e. The monoisotopic (exact) mass is 319 g/mol. The lowest BCUT2D eigenvalue weighted by atomic mass is 10.1. The number of hydrogen-bond acceptors (Lipinski definition) is 4. The maximum atomic E-state index is 9.62. The van der Waals surface area contributed by atoms with Gasteiger partial charge < -0.3 is 14.0 Å². The molecule has 0 atom stereocenters. The Morgan fingerprint density at radius 1 is 1.17 bits per heavy atom. The van der Waals surface area contributed by atoms with E-state index in [0.717, 1.165) is 16.6 Å². The third kappa shape index (κ3) is 2.70. The number of ether oxygens (including phenoxy) is 2. The SMILES string of the molecule is COc1ccc(/C=C(/C#N)c2nc3ccccc3n2C)c(OC)c1. The number of nitrogens with zero attached hydrogens (tertiary/aromatic N) is 3. The van der Waals surface area contributed by atoms with Crippen molar-refractivity contribution in [2.75, 3.05) is 14.2 Å². The minimum absolute atomic E-state index is 0.470. The molecule has 0 amide bonds. The smallest absolute Gasteiger partial charge is 0.151 e. The summed E-state index contributed by atoms with van der Waals surface area (Å²) in [6.07, 6.45) is 1.78. The van der Waals surface area contributed by atoms with Crippen molar-refractivity contribution in [1.82, 2.24) is 9.55 Å². The summed E-state index contributed by atoms with van der Waals surface area (Å²) in [7, 11) is 5.10. The summed E-state index contributed by atoms with van der Waals surface area (Å²) < 4.78 is 12.5. The largest absolute Gasteiger partial charge is 0.497 e. The molecule has 0 spiro atoms. The summed E-state index contributed by atoms with van der Waals surface area (Å²) in [5.41, 5.74) is 3.10. The van der Waals surface area contributed by atoms with Crippen molar-refractivity contribution in [3.8, 4) is 17.6 Å². The second-order valence-electron chi connectivity index (χ2n) is 5.26. The second-order valence-corrected chi connectivity index (χ2v) is 5.26. The molecular formula is C19H17N3O2. The summed E-state index contributed by atoms with van der Waals surface area (Å²) in [5, 5.41) is 9.62. The highest BCUT2D eigenvalue weighted by molar-refractivity contribution is 5.91. The fourth-order valence-electron chi connectivity index (χ4n) is 2.63. The van der Waals surface area contributed by atoms with Crippen LogP contribution in [0.15, 0.2) is 42.5 Å². The van der Waals surface area contributed by atoms with Gasteiger partial charge in [0.1, 0.15) is 17.6 Å². The number of aryl methyl sites for hydroxylation is 1. The second kappa shape index (κ2) is 6.47. The Morgan fingerprint density at radius 3 is 2.62 bits per heavy atom. The van der Waals surface area contributed by atoms with Gasteiger partial charge in [0, 0.05) is 18.7 Å². The van der Waals surface area contributed by atoms with Crippen LogP contribution in [0.5, 0.6) is 11.5 Å². The van der Waals surface area contributed by atoms with Crippen molar-refractivity contribution in [1.29, 1.82) is 5.26 Å². The number of para-hydroxylation sites is 2. The van der Waals surface area contributed by atoms with E-state index in [0.29, 0.717) is 22.9 Å². The maximum absolute atomic E-state index is 9.62. The third-order valence-electron chi connectivity index (χ3n) is 3.89. The molecule has 0 aliphatic carbocycles. The van der Waals surface area contributed by atoms with Crippen LogP contribution < -0.4 is 9.47 Å². The Bertz CT molecular complexity index is 964. The van der Waals surface area contributed by atoms with E-state index < -0.39 is 0 Å². The van der Waals surface area contributed by atoms with Gasteiger partial charge in [-0.3, -0.25) is 0 Å². The van der Waals surface area contributed by atoms with Gasteiger partial charge in [-0.25, -0.2) is 4.98 Å². The van der Waals surface area contributed by atoms with Crippen LogP contribution in [0.3, 0.4) is 0 Å². The van der Waals surface area contributed by atoms with Gasteiger partial charge in [0.05, 0.1) is 30.8 Å². The van der Waals surface area contributed by atoms with Crippen LogP contribution in [-0.4, -0.2) is 23.8 Å². The Hall–Kier alpha value is -3.26. The van der Waals surface area contributed by atoms with Gasteiger partial charge in [-0.2, -0.15) is 5.26 Å². The lowest BCUT2D eigenvalue weighted by Gasteiger charge is -2.08. The van der Waals surface area contributed by atoms with Crippen molar-refractivity contribution in [2.24, 2.45) is 7.05 Å². The number of allylic oxidation sites excluding steroid dienone is 1. The molecule has 0 aliphatic rings. The molecule has 0 fully saturated rings. The average Bonchev–Trinajstić information content (AvgIpc) is 2.96. The van der Waals surface area contributed by atoms with Crippen LogP contribution in [0, 0.1) is 11.3 Å². The normalized spacial score (nSPS) is 11.3. The van der Waals surface area contributed by atoms with Crippen LogP contribution in [0.25, 0.3) is 22.7 Å². The first-order valence-electron chi connectivity index (χ1n) is 7.43. The summed E-state index contributed by atoms with van der Waals surface area (Å²) in [5.74, 6) is 1.96. The predicted molar refractivity (Wildman–Crippen MR) is 93.7 cm³/mol. The first kappa shape index (κ1) is 15.6. The molecule has 24 heavy (non-hydrogen) atoms. The van der Waals surface area contributed by atoms with E-state index in [1.807, 2.05) is 48.0 Å². The van der Waals surface area contributed by atoms with Gasteiger partial charge in [0.2, 0.25) is 0 Å². The molecule has 0 unspecified atom stereocenters. The summed E-state index contributed by atoms with van der Waals surface area (Å²) in [6.45, 7) is 0. The van der Waals surface area contributed by atoms with Crippen LogP contribution in [0.1, 0.15) is 11.4 Å². The molecule has 0 bridgehead atoms. The molecule has 2 aromatic carbocycles. The number of aromatic nitrogens is 2. The van der Waals surface area contributed by atoms with E-state index in [-0.39, 0.29) is 0 Å². The summed E-state index contributed by atoms with van der Waals surface area (Å²) >= 11 is 0. The minimum atomic E-state index is 0.470. The van der Waals surface area contributed by atoms with Crippen LogP contribution in [0.4, 0.5) is 0 Å². The van der Waals surface area contributed by atoms with Crippen LogP contribution in [-0.2, 0) is 7.05 Å². The van der Waals surface area contributed by atoms with Gasteiger partial charge in [0.25, 0.3) is 0 Å². The molecule has 1 heterocycles. The number of nitriles is 1. The van der Waals surface area contributed by atoms with Gasteiger partial charge in [-0.1, -0.05) is 12.1 Å². The Balaban J connectivity index is 2.13. The fourth-order valence-corrected chi connectivity index (χ4v) is 2.63. The van der Waals surface area contributed by atoms with Crippen LogP contribution in [0.2, 0.25) is 0 Å². The first-order valence-corrected chi connectivity index (χ1v) is 7.43. The van der Waals surface area contributed by atoms with Gasteiger partial charge in [0.15, 0.2) is 5.82 Å². The highest BCUT2D eigenvalue weighted by Gasteiger charge is 2.13. The molecular weight excluding hydrogens is 302 g/mol. The molecule has 3 rings (SSSR count). The highest BCUT2D eigenvalue weighted by atomic mass is 16.5. The lowest BCUT2D eigenvalue weighted by Crippen LogP contribution is -1.96. The van der Waals surface area contributed by atoms with Crippen molar-refractivity contribution < 1.29 is 9.47 Å². The number of hydrogen-bond donors (Lipinski definition) is 0. The highest BCUT2D eigenvalue weighted by Crippen LogP contribution is 2.29. The van der Waals surface area contributed by atoms with Crippen molar-refractivity contribution >= 4 is 22.7 Å². The zero-order chi connectivity index (χ0) is 17.1. The topological polar surface area (TPSA) is 60.1 Å². The molecule has 0 N–H and O–H groups in total. The van der Waals surface area contributed by atoms with E-state index in [4.69, 9.17) is 9.47 Å². The van der Waals surface area contributed by atoms with E-state index in [1.54, 1.807) is 26.4 Å². The fraction of sp³-hybridized carbons (Fsp3) is 0.158. The molecule has 5 heteroatoms. The quantitative estimate of drug-likeness (QED) is 0.689. The van der Waals surface area contributed by atoms with E-state index in [1.165, 1.54) is 0 Å². The summed E-state index contributed by atoms with van der Waals surface area (Å²) in [4.78, 5) is 4.58. The average molecular weight is 319 g/mol. The number of rotatable bonds is 4. The van der Waals surface area contributed by atoms with Gasteiger partial charge >= 0.3 is 0 Å². The van der Waals surface area contributed by atoms with Gasteiger partial charge in [-0.05, 0) is 30.3 Å². The summed E-state index contributed by atoms with van der Waals surface area (Å²) in [6, 6.07) is 15.5. The molecule has 1 aromatic heterocycles. The number of benzene rings is 2. The zero-order valence-electron chi connectivity index (χ0n) is 13.8. The molecule has 0 radical (unpaired) electrons. The number of methoxy groups -OCH3 is 2. The Kier molecular flexibility index (Phi) is 4.21. The zero-order valence-corrected chi connectivity index (χ0v) is 13.8. The van der Waals surface area contributed by atoms with E-state index in [9.17, 15) is 5.26 Å². The molecule has 5 nitrogen and oxygen atoms in total. The number of imidazole rings is 1. The van der Waals surface area contributed by atoms with Crippen molar-refractivity contribution in [2.45, 2.75) is 0 Å². The molecule has 3 aromatic rings. The number of fused-ring (bicyclic) bond motifs is 1. The Morgan fingerprint density at radius 2 is 1.96 bits per heavy atom. The molecule has 120 valence electrons. The van der Waals surface area contributed by atoms with E-state index in [2.05, 4.69) is 11.1 Å². The van der Waals surface area contributed by atoms with Crippen molar-refractivity contribution in [3.63, 3.8) is 0 Å². The Labute approximate surface area is 140 Å². The standard InChI is InChI=1S/C19H17N3O2/c1-22-17-7-5-4-6-16(17)21-19(22)14(12-20)10-13-8-9-15(23-2)11-18(13)24-3/h4-11H,1-3H3/b14-10-. The first-order chi connectivity index (χ1) is 11.7. The minimum Gasteiger partial charge on any atom is -0.497 e. The van der Waals surface area contributed by atoms with Crippen LogP contribution >= 0.6 is 0 Å².